The highest BCUT2D eigenvalue weighted by Crippen LogP contribution is 2.22. The number of benzene rings is 1. The first-order valence-corrected chi connectivity index (χ1v) is 7.72. The van der Waals surface area contributed by atoms with E-state index in [0.717, 1.165) is 57.7 Å². The summed E-state index contributed by atoms with van der Waals surface area (Å²) in [4.78, 5) is 16.9. The smallest absolute Gasteiger partial charge is 0.240 e. The summed E-state index contributed by atoms with van der Waals surface area (Å²) in [6.45, 7) is 5.05. The SMILES string of the molecule is O=C(C1CCCN1Cc1ccc(F)cc1)N1CCNCC1. The van der Waals surface area contributed by atoms with Gasteiger partial charge in [0.05, 0.1) is 6.04 Å². The summed E-state index contributed by atoms with van der Waals surface area (Å²) in [5.74, 6) is 0.0460. The lowest BCUT2D eigenvalue weighted by Gasteiger charge is -2.33. The lowest BCUT2D eigenvalue weighted by atomic mass is 10.1. The summed E-state index contributed by atoms with van der Waals surface area (Å²) in [7, 11) is 0. The van der Waals surface area contributed by atoms with E-state index in [-0.39, 0.29) is 17.8 Å². The van der Waals surface area contributed by atoms with E-state index in [1.807, 2.05) is 4.90 Å². The topological polar surface area (TPSA) is 35.6 Å². The van der Waals surface area contributed by atoms with Crippen LogP contribution in [0.25, 0.3) is 0 Å². The predicted octanol–water partition coefficient (Wildman–Crippen LogP) is 1.22. The van der Waals surface area contributed by atoms with Gasteiger partial charge in [-0.15, -0.1) is 0 Å². The first-order chi connectivity index (χ1) is 10.2. The molecule has 2 aliphatic heterocycles. The van der Waals surface area contributed by atoms with Gasteiger partial charge in [-0.05, 0) is 37.1 Å². The van der Waals surface area contributed by atoms with Gasteiger partial charge in [0.15, 0.2) is 0 Å². The van der Waals surface area contributed by atoms with Crippen LogP contribution in [-0.4, -0.2) is 54.5 Å². The Morgan fingerprint density at radius 2 is 1.90 bits per heavy atom. The largest absolute Gasteiger partial charge is 0.339 e. The van der Waals surface area contributed by atoms with Crippen LogP contribution in [0.15, 0.2) is 24.3 Å². The van der Waals surface area contributed by atoms with Crippen molar-refractivity contribution in [2.24, 2.45) is 0 Å². The van der Waals surface area contributed by atoms with E-state index < -0.39 is 0 Å². The van der Waals surface area contributed by atoms with Crippen LogP contribution in [-0.2, 0) is 11.3 Å². The van der Waals surface area contributed by atoms with Gasteiger partial charge in [-0.2, -0.15) is 0 Å². The Hall–Kier alpha value is -1.46. The Kier molecular flexibility index (Phi) is 4.51. The number of nitrogens with one attached hydrogen (secondary N) is 1. The van der Waals surface area contributed by atoms with Gasteiger partial charge < -0.3 is 10.2 Å². The van der Waals surface area contributed by atoms with Crippen molar-refractivity contribution >= 4 is 5.91 Å². The zero-order valence-corrected chi connectivity index (χ0v) is 12.2. The number of halogens is 1. The lowest BCUT2D eigenvalue weighted by Crippen LogP contribution is -2.52. The minimum Gasteiger partial charge on any atom is -0.339 e. The minimum absolute atomic E-state index is 0.00634. The molecule has 4 nitrogen and oxygen atoms in total. The number of piperazine rings is 1. The highest BCUT2D eigenvalue weighted by atomic mass is 19.1. The summed E-state index contributed by atoms with van der Waals surface area (Å²) >= 11 is 0. The average molecular weight is 291 g/mol. The Bertz CT molecular complexity index is 485. The van der Waals surface area contributed by atoms with Crippen molar-refractivity contribution in [3.8, 4) is 0 Å². The van der Waals surface area contributed by atoms with Crippen LogP contribution < -0.4 is 5.32 Å². The molecule has 0 spiro atoms. The van der Waals surface area contributed by atoms with Crippen molar-refractivity contribution in [1.29, 1.82) is 0 Å². The molecular weight excluding hydrogens is 269 g/mol. The molecule has 21 heavy (non-hydrogen) atoms. The van der Waals surface area contributed by atoms with Crippen molar-refractivity contribution in [2.45, 2.75) is 25.4 Å². The molecule has 1 atom stereocenters. The van der Waals surface area contributed by atoms with Crippen molar-refractivity contribution in [3.05, 3.63) is 35.6 Å². The Morgan fingerprint density at radius 3 is 2.62 bits per heavy atom. The summed E-state index contributed by atoms with van der Waals surface area (Å²) in [6, 6.07) is 6.57. The lowest BCUT2D eigenvalue weighted by molar-refractivity contribution is -0.136. The van der Waals surface area contributed by atoms with Crippen LogP contribution in [0, 0.1) is 5.82 Å². The molecule has 2 fully saturated rings. The van der Waals surface area contributed by atoms with Gasteiger partial charge in [0.25, 0.3) is 0 Å². The number of carbonyl (C=O) groups excluding carboxylic acids is 1. The van der Waals surface area contributed by atoms with E-state index in [1.165, 1.54) is 12.1 Å². The first-order valence-electron chi connectivity index (χ1n) is 7.72. The van der Waals surface area contributed by atoms with Gasteiger partial charge in [0.1, 0.15) is 5.82 Å². The fourth-order valence-electron chi connectivity index (χ4n) is 3.22. The van der Waals surface area contributed by atoms with Crippen LogP contribution in [0.5, 0.6) is 0 Å². The third-order valence-electron chi connectivity index (χ3n) is 4.38. The number of amides is 1. The van der Waals surface area contributed by atoms with E-state index in [4.69, 9.17) is 0 Å². The average Bonchev–Trinajstić information content (AvgIpc) is 2.98. The molecule has 2 saturated heterocycles. The summed E-state index contributed by atoms with van der Waals surface area (Å²) in [6.07, 6.45) is 1.99. The molecule has 0 aromatic heterocycles. The zero-order valence-electron chi connectivity index (χ0n) is 12.2. The molecule has 3 rings (SSSR count). The number of carbonyl (C=O) groups is 1. The van der Waals surface area contributed by atoms with Gasteiger partial charge in [0.2, 0.25) is 5.91 Å². The standard InChI is InChI=1S/C16H22FN3O/c17-14-5-3-13(4-6-14)12-20-9-1-2-15(20)16(21)19-10-7-18-8-11-19/h3-6,15,18H,1-2,7-12H2. The number of hydrogen-bond donors (Lipinski definition) is 1. The fraction of sp³-hybridized carbons (Fsp3) is 0.562. The van der Waals surface area contributed by atoms with Gasteiger partial charge in [-0.1, -0.05) is 12.1 Å². The van der Waals surface area contributed by atoms with Crippen molar-refractivity contribution in [1.82, 2.24) is 15.1 Å². The first kappa shape index (κ1) is 14.5. The number of rotatable bonds is 3. The molecule has 1 aromatic rings. The highest BCUT2D eigenvalue weighted by Gasteiger charge is 2.33. The second-order valence-corrected chi connectivity index (χ2v) is 5.83. The number of hydrogen-bond acceptors (Lipinski definition) is 3. The second-order valence-electron chi connectivity index (χ2n) is 5.83. The summed E-state index contributed by atoms with van der Waals surface area (Å²) in [5, 5.41) is 3.27. The third-order valence-corrected chi connectivity index (χ3v) is 4.38. The number of nitrogens with zero attached hydrogens (tertiary/aromatic N) is 2. The number of likely N-dealkylation sites (tertiary alicyclic amines) is 1. The van der Waals surface area contributed by atoms with Crippen LogP contribution in [0.1, 0.15) is 18.4 Å². The Labute approximate surface area is 124 Å². The normalized spacial score (nSPS) is 23.5. The van der Waals surface area contributed by atoms with Crippen LogP contribution in [0.4, 0.5) is 4.39 Å². The van der Waals surface area contributed by atoms with Crippen LogP contribution in [0.3, 0.4) is 0 Å². The fourth-order valence-corrected chi connectivity index (χ4v) is 3.22. The van der Waals surface area contributed by atoms with E-state index in [0.29, 0.717) is 0 Å². The predicted molar refractivity (Wildman–Crippen MR) is 79.3 cm³/mol. The van der Waals surface area contributed by atoms with E-state index in [2.05, 4.69) is 10.2 Å². The summed E-state index contributed by atoms with van der Waals surface area (Å²) in [5.41, 5.74) is 1.07. The molecule has 114 valence electrons. The molecule has 1 amide bonds. The molecule has 2 aliphatic rings. The van der Waals surface area contributed by atoms with Crippen molar-refractivity contribution < 1.29 is 9.18 Å². The third kappa shape index (κ3) is 3.41. The van der Waals surface area contributed by atoms with Crippen LogP contribution >= 0.6 is 0 Å². The summed E-state index contributed by atoms with van der Waals surface area (Å²) < 4.78 is 13.0. The molecular formula is C16H22FN3O. The van der Waals surface area contributed by atoms with E-state index in [9.17, 15) is 9.18 Å². The Balaban J connectivity index is 1.64. The molecule has 2 heterocycles. The van der Waals surface area contributed by atoms with Gasteiger partial charge in [-0.3, -0.25) is 9.69 Å². The molecule has 0 aliphatic carbocycles. The molecule has 0 saturated carbocycles. The van der Waals surface area contributed by atoms with Crippen molar-refractivity contribution in [2.75, 3.05) is 32.7 Å². The van der Waals surface area contributed by atoms with Gasteiger partial charge >= 0.3 is 0 Å². The maximum absolute atomic E-state index is 13.0. The molecule has 5 heteroatoms. The molecule has 0 radical (unpaired) electrons. The van der Waals surface area contributed by atoms with Crippen molar-refractivity contribution in [3.63, 3.8) is 0 Å². The zero-order chi connectivity index (χ0) is 14.7. The second kappa shape index (κ2) is 6.54. The van der Waals surface area contributed by atoms with E-state index in [1.54, 1.807) is 12.1 Å². The molecule has 1 unspecified atom stereocenters. The van der Waals surface area contributed by atoms with Crippen LogP contribution in [0.2, 0.25) is 0 Å². The minimum atomic E-state index is -0.214. The van der Waals surface area contributed by atoms with Gasteiger partial charge in [-0.25, -0.2) is 4.39 Å². The quantitative estimate of drug-likeness (QED) is 0.909. The van der Waals surface area contributed by atoms with Gasteiger partial charge in [0, 0.05) is 32.7 Å². The van der Waals surface area contributed by atoms with E-state index >= 15 is 0 Å². The monoisotopic (exact) mass is 291 g/mol. The Morgan fingerprint density at radius 1 is 1.19 bits per heavy atom. The molecule has 0 bridgehead atoms. The molecule has 1 aromatic carbocycles. The maximum Gasteiger partial charge on any atom is 0.240 e. The highest BCUT2D eigenvalue weighted by molar-refractivity contribution is 5.82. The maximum atomic E-state index is 13.0. The molecule has 1 N–H and O–H groups in total.